The lowest BCUT2D eigenvalue weighted by Gasteiger charge is -2.12. The van der Waals surface area contributed by atoms with E-state index in [0.29, 0.717) is 0 Å². The Labute approximate surface area is 106 Å². The Kier molecular flexibility index (Phi) is 3.98. The van der Waals surface area contributed by atoms with Crippen LogP contribution in [0.4, 0.5) is 0 Å². The minimum absolute atomic E-state index is 0.123. The minimum atomic E-state index is -3.86. The van der Waals surface area contributed by atoms with Crippen molar-refractivity contribution in [2.45, 2.75) is 4.90 Å². The van der Waals surface area contributed by atoms with E-state index in [1.165, 1.54) is 7.05 Å². The fraction of sp³-hybridized carbons (Fsp3) is 0.222. The Hall–Kier alpha value is -1.30. The van der Waals surface area contributed by atoms with E-state index < -0.39 is 21.8 Å². The topological polar surface area (TPSA) is 87.8 Å². The smallest absolute Gasteiger partial charge is 0.371 e. The van der Waals surface area contributed by atoms with Gasteiger partial charge in [0.15, 0.2) is 4.67 Å². The lowest BCUT2D eigenvalue weighted by Crippen LogP contribution is -2.27. The molecule has 8 heteroatoms. The van der Waals surface area contributed by atoms with Gasteiger partial charge in [-0.2, -0.15) is 4.31 Å². The molecule has 1 aromatic heterocycles. The van der Waals surface area contributed by atoms with E-state index in [-0.39, 0.29) is 16.1 Å². The molecule has 0 bridgehead atoms. The second kappa shape index (κ2) is 4.91. The Morgan fingerprint density at radius 1 is 1.71 bits per heavy atom. The highest BCUT2D eigenvalue weighted by molar-refractivity contribution is 9.10. The fourth-order valence-corrected chi connectivity index (χ4v) is 3.00. The van der Waals surface area contributed by atoms with Crippen molar-refractivity contribution in [3.8, 4) is 12.3 Å². The van der Waals surface area contributed by atoms with Crippen LogP contribution in [0.15, 0.2) is 20.0 Å². The third-order valence-electron chi connectivity index (χ3n) is 1.87. The maximum atomic E-state index is 11.9. The number of nitrogens with zero attached hydrogens (tertiary/aromatic N) is 1. The number of rotatable bonds is 4. The highest BCUT2D eigenvalue weighted by Crippen LogP contribution is 2.28. The summed E-state index contributed by atoms with van der Waals surface area (Å²) < 4.78 is 29.3. The van der Waals surface area contributed by atoms with Crippen molar-refractivity contribution in [1.82, 2.24) is 4.31 Å². The van der Waals surface area contributed by atoms with Gasteiger partial charge in [-0.1, -0.05) is 5.92 Å². The van der Waals surface area contributed by atoms with Gasteiger partial charge in [-0.15, -0.1) is 6.42 Å². The number of carbonyl (C=O) groups is 1. The second-order valence-electron chi connectivity index (χ2n) is 3.02. The zero-order valence-electron chi connectivity index (χ0n) is 8.68. The predicted molar refractivity (Wildman–Crippen MR) is 62.0 cm³/mol. The molecular formula is C9H8BrNO5S. The van der Waals surface area contributed by atoms with Crippen LogP contribution in [-0.2, 0) is 10.0 Å². The first kappa shape index (κ1) is 13.8. The van der Waals surface area contributed by atoms with E-state index in [9.17, 15) is 13.2 Å². The number of carboxylic acids is 1. The first-order valence-electron chi connectivity index (χ1n) is 4.23. The van der Waals surface area contributed by atoms with Gasteiger partial charge < -0.3 is 9.52 Å². The monoisotopic (exact) mass is 321 g/mol. The molecule has 17 heavy (non-hydrogen) atoms. The summed E-state index contributed by atoms with van der Waals surface area (Å²) in [6, 6.07) is 0.925. The van der Waals surface area contributed by atoms with Crippen LogP contribution in [0.25, 0.3) is 0 Å². The largest absolute Gasteiger partial charge is 0.475 e. The van der Waals surface area contributed by atoms with E-state index >= 15 is 0 Å². The highest BCUT2D eigenvalue weighted by atomic mass is 79.9. The first-order chi connectivity index (χ1) is 7.80. The average molecular weight is 322 g/mol. The maximum absolute atomic E-state index is 11.9. The molecule has 0 fully saturated rings. The SMILES string of the molecule is C#CCN(C)S(=O)(=O)c1cc(C(=O)O)oc1Br. The van der Waals surface area contributed by atoms with Gasteiger partial charge in [-0.3, -0.25) is 0 Å². The van der Waals surface area contributed by atoms with Crippen LogP contribution < -0.4 is 0 Å². The molecule has 92 valence electrons. The van der Waals surface area contributed by atoms with Gasteiger partial charge in [0, 0.05) is 13.1 Å². The Bertz CT molecular complexity index is 583. The van der Waals surface area contributed by atoms with Crippen molar-refractivity contribution >= 4 is 31.9 Å². The summed E-state index contributed by atoms with van der Waals surface area (Å²) in [5.74, 6) is 0.354. The number of sulfonamides is 1. The number of furan rings is 1. The summed E-state index contributed by atoms with van der Waals surface area (Å²) in [5, 5.41) is 8.67. The lowest BCUT2D eigenvalue weighted by molar-refractivity contribution is 0.0661. The Morgan fingerprint density at radius 2 is 2.29 bits per heavy atom. The number of aromatic carboxylic acids is 1. The quantitative estimate of drug-likeness (QED) is 0.836. The third-order valence-corrected chi connectivity index (χ3v) is 4.53. The van der Waals surface area contributed by atoms with E-state index in [0.717, 1.165) is 10.4 Å². The average Bonchev–Trinajstić information content (AvgIpc) is 2.61. The second-order valence-corrected chi connectivity index (χ2v) is 5.75. The van der Waals surface area contributed by atoms with E-state index in [2.05, 4.69) is 21.9 Å². The summed E-state index contributed by atoms with van der Waals surface area (Å²) >= 11 is 2.85. The molecule has 0 atom stereocenters. The standard InChI is InChI=1S/C9H8BrNO5S/c1-3-4-11(2)17(14,15)7-5-6(9(12)13)16-8(7)10/h1,5H,4H2,2H3,(H,12,13). The summed E-state index contributed by atoms with van der Waals surface area (Å²) in [4.78, 5) is 10.4. The summed E-state index contributed by atoms with van der Waals surface area (Å²) in [7, 11) is -2.57. The zero-order valence-corrected chi connectivity index (χ0v) is 11.1. The van der Waals surface area contributed by atoms with Crippen molar-refractivity contribution in [1.29, 1.82) is 0 Å². The van der Waals surface area contributed by atoms with Crippen molar-refractivity contribution < 1.29 is 22.7 Å². The number of carboxylic acid groups (broad SMARTS) is 1. The number of hydrogen-bond donors (Lipinski definition) is 1. The van der Waals surface area contributed by atoms with Gasteiger partial charge in [-0.25, -0.2) is 13.2 Å². The molecule has 1 heterocycles. The van der Waals surface area contributed by atoms with Crippen LogP contribution >= 0.6 is 15.9 Å². The lowest BCUT2D eigenvalue weighted by atomic mass is 10.5. The van der Waals surface area contributed by atoms with Crippen LogP contribution in [0.2, 0.25) is 0 Å². The molecule has 0 aliphatic rings. The van der Waals surface area contributed by atoms with E-state index in [4.69, 9.17) is 15.9 Å². The summed E-state index contributed by atoms with van der Waals surface area (Å²) in [5.41, 5.74) is 0. The van der Waals surface area contributed by atoms with Crippen LogP contribution in [-0.4, -0.2) is 37.4 Å². The minimum Gasteiger partial charge on any atom is -0.475 e. The summed E-state index contributed by atoms with van der Waals surface area (Å²) in [6.07, 6.45) is 5.01. The van der Waals surface area contributed by atoms with Crippen molar-refractivity contribution in [2.24, 2.45) is 0 Å². The molecule has 0 aliphatic heterocycles. The van der Waals surface area contributed by atoms with Gasteiger partial charge in [0.05, 0.1) is 6.54 Å². The maximum Gasteiger partial charge on any atom is 0.371 e. The van der Waals surface area contributed by atoms with E-state index in [1.54, 1.807) is 0 Å². The normalized spacial score (nSPS) is 11.4. The molecule has 0 amide bonds. The molecule has 0 saturated carbocycles. The van der Waals surface area contributed by atoms with Crippen LogP contribution in [0, 0.1) is 12.3 Å². The van der Waals surface area contributed by atoms with Crippen molar-refractivity contribution in [3.63, 3.8) is 0 Å². The summed E-state index contributed by atoms with van der Waals surface area (Å²) in [6.45, 7) is -0.123. The third kappa shape index (κ3) is 2.69. The fourth-order valence-electron chi connectivity index (χ4n) is 1.01. The van der Waals surface area contributed by atoms with Crippen molar-refractivity contribution in [3.05, 3.63) is 16.5 Å². The highest BCUT2D eigenvalue weighted by Gasteiger charge is 2.28. The van der Waals surface area contributed by atoms with Gasteiger partial charge in [0.1, 0.15) is 4.90 Å². The Balaban J connectivity index is 3.25. The van der Waals surface area contributed by atoms with Crippen LogP contribution in [0.5, 0.6) is 0 Å². The van der Waals surface area contributed by atoms with Gasteiger partial charge in [-0.05, 0) is 15.9 Å². The molecule has 0 unspecified atom stereocenters. The number of halogens is 1. The number of hydrogen-bond acceptors (Lipinski definition) is 4. The van der Waals surface area contributed by atoms with Gasteiger partial charge in [0.25, 0.3) is 0 Å². The molecule has 1 N–H and O–H groups in total. The molecule has 0 aromatic carbocycles. The van der Waals surface area contributed by atoms with Crippen molar-refractivity contribution in [2.75, 3.05) is 13.6 Å². The molecule has 6 nitrogen and oxygen atoms in total. The first-order valence-corrected chi connectivity index (χ1v) is 6.46. The molecule has 0 aliphatic carbocycles. The number of terminal acetylenes is 1. The van der Waals surface area contributed by atoms with Gasteiger partial charge in [0.2, 0.25) is 15.8 Å². The molecule has 1 aromatic rings. The predicted octanol–water partition coefficient (Wildman–Crippen LogP) is 0.994. The van der Waals surface area contributed by atoms with Gasteiger partial charge >= 0.3 is 5.97 Å². The molecule has 0 spiro atoms. The molecule has 0 radical (unpaired) electrons. The van der Waals surface area contributed by atoms with Crippen LogP contribution in [0.3, 0.4) is 0 Å². The molecular weight excluding hydrogens is 314 g/mol. The molecule has 0 saturated heterocycles. The molecule has 1 rings (SSSR count). The van der Waals surface area contributed by atoms with E-state index in [1.807, 2.05) is 0 Å². The van der Waals surface area contributed by atoms with Crippen LogP contribution in [0.1, 0.15) is 10.6 Å². The Morgan fingerprint density at radius 3 is 2.71 bits per heavy atom. The zero-order chi connectivity index (χ0) is 13.2.